The van der Waals surface area contributed by atoms with E-state index in [-0.39, 0.29) is 24.5 Å². The molecule has 0 radical (unpaired) electrons. The smallest absolute Gasteiger partial charge is 0.308 e. The van der Waals surface area contributed by atoms with Gasteiger partial charge in [0.1, 0.15) is 12.6 Å². The van der Waals surface area contributed by atoms with Crippen LogP contribution in [0.3, 0.4) is 0 Å². The molecule has 0 aromatic rings. The molecule has 0 saturated carbocycles. The van der Waals surface area contributed by atoms with Gasteiger partial charge < -0.3 is 4.74 Å². The molecule has 0 unspecified atom stereocenters. The highest BCUT2D eigenvalue weighted by molar-refractivity contribution is 5.71. The van der Waals surface area contributed by atoms with Crippen LogP contribution in [0.2, 0.25) is 0 Å². The first-order valence-electron chi connectivity index (χ1n) is 3.61. The molecule has 11 heavy (non-hydrogen) atoms. The molecule has 4 nitrogen and oxygen atoms in total. The Hall–Kier alpha value is -0.930. The summed E-state index contributed by atoms with van der Waals surface area (Å²) in [5.41, 5.74) is 6.59. The fraction of sp³-hybridized carbons (Fsp3) is 0.857. The van der Waals surface area contributed by atoms with Crippen LogP contribution in [-0.2, 0) is 9.53 Å². The lowest BCUT2D eigenvalue weighted by molar-refractivity contribution is -0.147. The van der Waals surface area contributed by atoms with Crippen molar-refractivity contribution in [2.24, 2.45) is 11.0 Å². The maximum Gasteiger partial charge on any atom is 0.308 e. The second kappa shape index (κ2) is 4.82. The van der Waals surface area contributed by atoms with E-state index in [1.165, 1.54) is 0 Å². The van der Waals surface area contributed by atoms with Crippen LogP contribution in [0, 0.1) is 11.4 Å². The summed E-state index contributed by atoms with van der Waals surface area (Å²) < 4.78 is 4.80. The van der Waals surface area contributed by atoms with Crippen LogP contribution in [0.25, 0.3) is 0 Å². The minimum atomic E-state index is -0.236. The Kier molecular flexibility index (Phi) is 4.41. The van der Waals surface area contributed by atoms with Crippen LogP contribution in [-0.4, -0.2) is 18.6 Å². The first kappa shape index (κ1) is 10.1. The van der Waals surface area contributed by atoms with Gasteiger partial charge in [-0.25, -0.2) is 5.53 Å². The van der Waals surface area contributed by atoms with Gasteiger partial charge in [-0.2, -0.15) is 5.11 Å². The highest BCUT2D eigenvalue weighted by Crippen LogP contribution is 1.97. The van der Waals surface area contributed by atoms with Gasteiger partial charge in [0.25, 0.3) is 0 Å². The number of carbonyl (C=O) groups excluding carboxylic acids is 1. The number of nitrogens with zero attached hydrogens (tertiary/aromatic N) is 1. The zero-order valence-electron chi connectivity index (χ0n) is 7.13. The van der Waals surface area contributed by atoms with E-state index in [9.17, 15) is 4.79 Å². The number of carbonyl (C=O) groups is 1. The first-order chi connectivity index (χ1) is 5.07. The normalized spacial score (nSPS) is 12.7. The fourth-order valence-electron chi connectivity index (χ4n) is 0.407. The molecule has 0 fully saturated rings. The van der Waals surface area contributed by atoms with E-state index in [0.717, 1.165) is 0 Å². The molecule has 1 atom stereocenters. The zero-order chi connectivity index (χ0) is 8.85. The summed E-state index contributed by atoms with van der Waals surface area (Å²) in [5.74, 6) is -0.339. The van der Waals surface area contributed by atoms with Crippen LogP contribution >= 0.6 is 0 Å². The Labute approximate surface area is 66.4 Å². The first-order valence-corrected chi connectivity index (χ1v) is 3.61. The van der Waals surface area contributed by atoms with Crippen molar-refractivity contribution in [3.05, 3.63) is 0 Å². The van der Waals surface area contributed by atoms with Crippen molar-refractivity contribution in [3.8, 4) is 0 Å². The van der Waals surface area contributed by atoms with Gasteiger partial charge in [0.05, 0.1) is 5.92 Å². The summed E-state index contributed by atoms with van der Waals surface area (Å²) in [6, 6.07) is -0.224. The molecule has 0 heterocycles. The maximum atomic E-state index is 10.8. The Morgan fingerprint density at radius 2 is 2.09 bits per heavy atom. The average Bonchev–Trinajstić information content (AvgIpc) is 1.99. The lowest BCUT2D eigenvalue weighted by Crippen LogP contribution is -2.17. The molecule has 0 saturated heterocycles. The molecule has 0 aliphatic heterocycles. The summed E-state index contributed by atoms with van der Waals surface area (Å²) in [4.78, 5) is 10.8. The third-order valence-corrected chi connectivity index (χ3v) is 1.16. The molecular formula is C7H14N2O2. The number of hydrogen-bond donors (Lipinski definition) is 1. The number of ether oxygens (including phenoxy) is 1. The van der Waals surface area contributed by atoms with Gasteiger partial charge in [0, 0.05) is 0 Å². The van der Waals surface area contributed by atoms with Gasteiger partial charge in [-0.05, 0) is 6.92 Å². The Balaban J connectivity index is 3.54. The molecule has 1 N–H and O–H groups in total. The maximum absolute atomic E-state index is 10.8. The molecule has 0 aromatic carbocycles. The summed E-state index contributed by atoms with van der Waals surface area (Å²) in [6.45, 7) is 5.47. The van der Waals surface area contributed by atoms with Crippen molar-refractivity contribution < 1.29 is 9.53 Å². The van der Waals surface area contributed by atoms with E-state index >= 15 is 0 Å². The largest absolute Gasteiger partial charge is 0.463 e. The highest BCUT2D eigenvalue weighted by atomic mass is 16.5. The summed E-state index contributed by atoms with van der Waals surface area (Å²) in [7, 11) is 0. The van der Waals surface area contributed by atoms with Gasteiger partial charge in [-0.15, -0.1) is 0 Å². The van der Waals surface area contributed by atoms with Crippen molar-refractivity contribution in [1.82, 2.24) is 0 Å². The van der Waals surface area contributed by atoms with Gasteiger partial charge in [-0.1, -0.05) is 13.8 Å². The number of rotatable bonds is 4. The van der Waals surface area contributed by atoms with Crippen molar-refractivity contribution in [3.63, 3.8) is 0 Å². The number of hydrogen-bond acceptors (Lipinski definition) is 4. The van der Waals surface area contributed by atoms with Gasteiger partial charge >= 0.3 is 5.97 Å². The topological polar surface area (TPSA) is 62.5 Å². The monoisotopic (exact) mass is 158 g/mol. The van der Waals surface area contributed by atoms with E-state index in [1.54, 1.807) is 20.8 Å². The van der Waals surface area contributed by atoms with Crippen molar-refractivity contribution in [1.29, 1.82) is 5.53 Å². The van der Waals surface area contributed by atoms with Crippen LogP contribution in [0.5, 0.6) is 0 Å². The van der Waals surface area contributed by atoms with Gasteiger partial charge in [0.15, 0.2) is 0 Å². The second-order valence-corrected chi connectivity index (χ2v) is 2.76. The number of esters is 1. The molecule has 0 amide bonds. The Morgan fingerprint density at radius 1 is 1.55 bits per heavy atom. The van der Waals surface area contributed by atoms with Crippen molar-refractivity contribution >= 4 is 5.97 Å². The van der Waals surface area contributed by atoms with Gasteiger partial charge in [-0.3, -0.25) is 4.79 Å². The lowest BCUT2D eigenvalue weighted by atomic mass is 10.2. The summed E-state index contributed by atoms with van der Waals surface area (Å²) in [5, 5.41) is 3.19. The molecular weight excluding hydrogens is 144 g/mol. The highest BCUT2D eigenvalue weighted by Gasteiger charge is 2.09. The minimum absolute atomic E-state index is 0.104. The zero-order valence-corrected chi connectivity index (χ0v) is 7.13. The average molecular weight is 158 g/mol. The van der Waals surface area contributed by atoms with E-state index < -0.39 is 0 Å². The van der Waals surface area contributed by atoms with Crippen LogP contribution in [0.15, 0.2) is 5.11 Å². The molecule has 64 valence electrons. The molecule has 0 aliphatic carbocycles. The standard InChI is InChI=1S/C7H14N2O2/c1-5(2)7(10)11-4-6(3)9-8/h5-6,8H,4H2,1-3H3/t6-/m0/s1. The van der Waals surface area contributed by atoms with Crippen LogP contribution in [0.1, 0.15) is 20.8 Å². The van der Waals surface area contributed by atoms with E-state index in [1.807, 2.05) is 0 Å². The van der Waals surface area contributed by atoms with Crippen molar-refractivity contribution in [2.45, 2.75) is 26.8 Å². The molecule has 4 heteroatoms. The Morgan fingerprint density at radius 3 is 2.45 bits per heavy atom. The Bertz CT molecular complexity index is 145. The molecule has 0 rings (SSSR count). The summed E-state index contributed by atoms with van der Waals surface area (Å²) in [6.07, 6.45) is 0. The van der Waals surface area contributed by atoms with E-state index in [0.29, 0.717) is 0 Å². The molecule has 0 aliphatic rings. The van der Waals surface area contributed by atoms with E-state index in [4.69, 9.17) is 10.3 Å². The summed E-state index contributed by atoms with van der Waals surface area (Å²) >= 11 is 0. The lowest BCUT2D eigenvalue weighted by Gasteiger charge is -2.07. The SMILES string of the molecule is CC(C)C(=O)OC[C@H](C)N=N. The quantitative estimate of drug-likeness (QED) is 0.499. The predicted molar refractivity (Wildman–Crippen MR) is 40.4 cm³/mol. The third kappa shape index (κ3) is 4.47. The number of nitrogens with one attached hydrogen (secondary N) is 1. The van der Waals surface area contributed by atoms with Crippen LogP contribution < -0.4 is 0 Å². The van der Waals surface area contributed by atoms with Crippen LogP contribution in [0.4, 0.5) is 0 Å². The predicted octanol–water partition coefficient (Wildman–Crippen LogP) is 1.61. The fourth-order valence-corrected chi connectivity index (χ4v) is 0.407. The molecule has 0 spiro atoms. The second-order valence-electron chi connectivity index (χ2n) is 2.76. The third-order valence-electron chi connectivity index (χ3n) is 1.16. The molecule has 0 bridgehead atoms. The minimum Gasteiger partial charge on any atom is -0.463 e. The molecule has 0 aromatic heterocycles. The van der Waals surface area contributed by atoms with Gasteiger partial charge in [0.2, 0.25) is 0 Å². The van der Waals surface area contributed by atoms with Crippen molar-refractivity contribution in [2.75, 3.05) is 6.61 Å². The van der Waals surface area contributed by atoms with E-state index in [2.05, 4.69) is 5.11 Å².